The molecule has 0 unspecified atom stereocenters. The van der Waals surface area contributed by atoms with Crippen LogP contribution in [0, 0.1) is 5.82 Å². The third-order valence-electron chi connectivity index (χ3n) is 3.38. The summed E-state index contributed by atoms with van der Waals surface area (Å²) in [4.78, 5) is 16.1. The van der Waals surface area contributed by atoms with E-state index in [9.17, 15) is 9.18 Å². The summed E-state index contributed by atoms with van der Waals surface area (Å²) in [6, 6.07) is 9.24. The zero-order chi connectivity index (χ0) is 15.8. The van der Waals surface area contributed by atoms with E-state index in [0.717, 1.165) is 0 Å². The second-order valence-electron chi connectivity index (χ2n) is 4.91. The molecule has 0 spiro atoms. The summed E-state index contributed by atoms with van der Waals surface area (Å²) in [5.74, 6) is -0.827. The van der Waals surface area contributed by atoms with Crippen molar-refractivity contribution in [2.45, 2.75) is 6.54 Å². The molecule has 23 heavy (non-hydrogen) atoms. The summed E-state index contributed by atoms with van der Waals surface area (Å²) in [5.41, 5.74) is 2.11. The van der Waals surface area contributed by atoms with E-state index < -0.39 is 5.76 Å². The minimum absolute atomic E-state index is 0.185. The Morgan fingerprint density at radius 2 is 2.00 bits per heavy atom. The van der Waals surface area contributed by atoms with Crippen LogP contribution in [0.2, 0.25) is 0 Å². The van der Waals surface area contributed by atoms with Crippen molar-refractivity contribution in [2.24, 2.45) is 0 Å². The van der Waals surface area contributed by atoms with Crippen molar-refractivity contribution in [3.05, 3.63) is 70.9 Å². The fraction of sp³-hybridized carbons (Fsp3) is 0.0667. The molecule has 4 rings (SSSR count). The molecule has 8 heteroatoms. The maximum Gasteiger partial charge on any atom is 0.421 e. The zero-order valence-corrected chi connectivity index (χ0v) is 11.8. The van der Waals surface area contributed by atoms with Crippen molar-refractivity contribution in [3.63, 3.8) is 0 Å². The summed E-state index contributed by atoms with van der Waals surface area (Å²) >= 11 is 0. The third-order valence-corrected chi connectivity index (χ3v) is 3.38. The average molecular weight is 311 g/mol. The maximum atomic E-state index is 13.0. The van der Waals surface area contributed by atoms with Gasteiger partial charge in [0.15, 0.2) is 11.2 Å². The molecule has 0 aliphatic rings. The van der Waals surface area contributed by atoms with Crippen LogP contribution >= 0.6 is 0 Å². The number of pyridine rings is 1. The molecule has 3 aromatic heterocycles. The number of halogens is 1. The summed E-state index contributed by atoms with van der Waals surface area (Å²) in [7, 11) is 0. The highest BCUT2D eigenvalue weighted by Gasteiger charge is 2.12. The first-order chi connectivity index (χ1) is 11.2. The quantitative estimate of drug-likeness (QED) is 0.576. The summed E-state index contributed by atoms with van der Waals surface area (Å²) in [6.07, 6.45) is 3.25. The lowest BCUT2D eigenvalue weighted by Gasteiger charge is -1.99. The molecule has 0 bridgehead atoms. The van der Waals surface area contributed by atoms with Gasteiger partial charge in [0.25, 0.3) is 0 Å². The van der Waals surface area contributed by atoms with Crippen molar-refractivity contribution < 1.29 is 8.81 Å². The molecular weight excluding hydrogens is 301 g/mol. The molecular formula is C15H10FN5O2. The average Bonchev–Trinajstić information content (AvgIpc) is 3.14. The molecule has 0 N–H and O–H groups in total. The number of oxazole rings is 1. The highest BCUT2D eigenvalue weighted by Crippen LogP contribution is 2.12. The fourth-order valence-corrected chi connectivity index (χ4v) is 2.29. The van der Waals surface area contributed by atoms with Gasteiger partial charge in [-0.1, -0.05) is 5.21 Å². The second kappa shape index (κ2) is 5.16. The molecule has 0 atom stereocenters. The van der Waals surface area contributed by atoms with Crippen LogP contribution in [0.4, 0.5) is 4.39 Å². The molecule has 0 radical (unpaired) electrons. The lowest BCUT2D eigenvalue weighted by Crippen LogP contribution is -2.15. The van der Waals surface area contributed by atoms with Crippen LogP contribution < -0.4 is 5.76 Å². The van der Waals surface area contributed by atoms with E-state index in [4.69, 9.17) is 4.42 Å². The standard InChI is InChI=1S/C15H10FN5O2/c16-10-3-5-12(6-4-10)21-9-11(18-19-21)8-20-14-13(23-15(20)22)2-1-7-17-14/h1-7,9H,8H2. The molecule has 4 aromatic rings. The van der Waals surface area contributed by atoms with Gasteiger partial charge in [0.05, 0.1) is 18.4 Å². The van der Waals surface area contributed by atoms with E-state index >= 15 is 0 Å². The van der Waals surface area contributed by atoms with Gasteiger partial charge in [-0.25, -0.2) is 18.9 Å². The van der Waals surface area contributed by atoms with Gasteiger partial charge in [-0.15, -0.1) is 5.10 Å². The van der Waals surface area contributed by atoms with Crippen molar-refractivity contribution in [1.29, 1.82) is 0 Å². The molecule has 3 heterocycles. The van der Waals surface area contributed by atoms with Crippen LogP contribution in [0.1, 0.15) is 5.69 Å². The first-order valence-corrected chi connectivity index (χ1v) is 6.82. The van der Waals surface area contributed by atoms with E-state index in [1.54, 1.807) is 36.7 Å². The van der Waals surface area contributed by atoms with Gasteiger partial charge in [0.1, 0.15) is 11.5 Å². The number of aromatic nitrogens is 5. The molecule has 0 fully saturated rings. The normalized spacial score (nSPS) is 11.2. The number of hydrogen-bond donors (Lipinski definition) is 0. The maximum absolute atomic E-state index is 13.0. The minimum Gasteiger partial charge on any atom is -0.406 e. The number of hydrogen-bond acceptors (Lipinski definition) is 5. The van der Waals surface area contributed by atoms with Crippen molar-refractivity contribution >= 4 is 11.2 Å². The van der Waals surface area contributed by atoms with Gasteiger partial charge in [-0.2, -0.15) is 0 Å². The number of nitrogens with zero attached hydrogens (tertiary/aromatic N) is 5. The van der Waals surface area contributed by atoms with E-state index in [1.165, 1.54) is 21.4 Å². The molecule has 1 aromatic carbocycles. The van der Waals surface area contributed by atoms with Crippen LogP contribution in [-0.4, -0.2) is 24.5 Å². The number of rotatable bonds is 3. The topological polar surface area (TPSA) is 78.7 Å². The van der Waals surface area contributed by atoms with E-state index in [0.29, 0.717) is 22.6 Å². The van der Waals surface area contributed by atoms with E-state index in [1.807, 2.05) is 0 Å². The Kier molecular flexibility index (Phi) is 3.00. The highest BCUT2D eigenvalue weighted by molar-refractivity contribution is 5.67. The summed E-state index contributed by atoms with van der Waals surface area (Å²) < 4.78 is 21.0. The Morgan fingerprint density at radius 3 is 2.83 bits per heavy atom. The molecule has 0 saturated heterocycles. The van der Waals surface area contributed by atoms with Crippen molar-refractivity contribution in [2.75, 3.05) is 0 Å². The van der Waals surface area contributed by atoms with Crippen LogP contribution in [0.3, 0.4) is 0 Å². The summed E-state index contributed by atoms with van der Waals surface area (Å²) in [5, 5.41) is 8.01. The summed E-state index contributed by atoms with van der Waals surface area (Å²) in [6.45, 7) is 0.185. The Bertz CT molecular complexity index is 1030. The number of fused-ring (bicyclic) bond motifs is 1. The van der Waals surface area contributed by atoms with Crippen LogP contribution in [0.5, 0.6) is 0 Å². The predicted molar refractivity (Wildman–Crippen MR) is 78.7 cm³/mol. The SMILES string of the molecule is O=c1oc2cccnc2n1Cc1cn(-c2ccc(F)cc2)nn1. The highest BCUT2D eigenvalue weighted by atomic mass is 19.1. The van der Waals surface area contributed by atoms with Crippen LogP contribution in [0.15, 0.2) is 58.0 Å². The van der Waals surface area contributed by atoms with Crippen molar-refractivity contribution in [1.82, 2.24) is 24.5 Å². The Labute approximate surface area is 128 Å². The Morgan fingerprint density at radius 1 is 1.17 bits per heavy atom. The van der Waals surface area contributed by atoms with E-state index in [-0.39, 0.29) is 12.4 Å². The Hall–Kier alpha value is -3.29. The lowest BCUT2D eigenvalue weighted by molar-refractivity contribution is 0.515. The molecule has 0 aliphatic carbocycles. The fourth-order valence-electron chi connectivity index (χ4n) is 2.29. The second-order valence-corrected chi connectivity index (χ2v) is 4.91. The predicted octanol–water partition coefficient (Wildman–Crippen LogP) is 1.76. The van der Waals surface area contributed by atoms with Gasteiger partial charge >= 0.3 is 5.76 Å². The first kappa shape index (κ1) is 13.4. The zero-order valence-electron chi connectivity index (χ0n) is 11.8. The molecule has 0 amide bonds. The molecule has 0 saturated carbocycles. The van der Waals surface area contributed by atoms with Gasteiger partial charge in [-0.3, -0.25) is 4.57 Å². The smallest absolute Gasteiger partial charge is 0.406 e. The Balaban J connectivity index is 1.68. The van der Waals surface area contributed by atoms with Gasteiger partial charge in [0, 0.05) is 6.20 Å². The van der Waals surface area contributed by atoms with Crippen LogP contribution in [0.25, 0.3) is 16.9 Å². The molecule has 0 aliphatic heterocycles. The third kappa shape index (κ3) is 2.39. The molecule has 114 valence electrons. The van der Waals surface area contributed by atoms with Crippen LogP contribution in [-0.2, 0) is 6.54 Å². The first-order valence-electron chi connectivity index (χ1n) is 6.82. The lowest BCUT2D eigenvalue weighted by atomic mass is 10.3. The molecule has 7 nitrogen and oxygen atoms in total. The monoisotopic (exact) mass is 311 g/mol. The van der Waals surface area contributed by atoms with Gasteiger partial charge < -0.3 is 4.42 Å². The van der Waals surface area contributed by atoms with Gasteiger partial charge in [-0.05, 0) is 36.4 Å². The van der Waals surface area contributed by atoms with E-state index in [2.05, 4.69) is 15.3 Å². The van der Waals surface area contributed by atoms with Crippen molar-refractivity contribution in [3.8, 4) is 5.69 Å². The minimum atomic E-state index is -0.505. The van der Waals surface area contributed by atoms with Gasteiger partial charge in [0.2, 0.25) is 0 Å². The number of benzene rings is 1. The largest absolute Gasteiger partial charge is 0.421 e.